The number of benzene rings is 1. The highest BCUT2D eigenvalue weighted by atomic mass is 15.3. The maximum Gasteiger partial charge on any atom is 0.243 e. The van der Waals surface area contributed by atoms with Crippen LogP contribution in [-0.2, 0) is 6.42 Å². The average Bonchev–Trinajstić information content (AvgIpc) is 2.83. The molecule has 20 heavy (non-hydrogen) atoms. The van der Waals surface area contributed by atoms with Crippen molar-refractivity contribution in [3.8, 4) is 0 Å². The van der Waals surface area contributed by atoms with Gasteiger partial charge in [0.25, 0.3) is 0 Å². The zero-order chi connectivity index (χ0) is 13.9. The molecule has 102 valence electrons. The lowest BCUT2D eigenvalue weighted by Crippen LogP contribution is -2.06. The van der Waals surface area contributed by atoms with Gasteiger partial charge in [-0.15, -0.1) is 5.10 Å². The fourth-order valence-electron chi connectivity index (χ4n) is 2.06. The second-order valence-corrected chi connectivity index (χ2v) is 4.86. The molecule has 1 aromatic carbocycles. The molecule has 3 aromatic rings. The van der Waals surface area contributed by atoms with Crippen LogP contribution in [0.15, 0.2) is 42.6 Å². The second kappa shape index (κ2) is 5.21. The van der Waals surface area contributed by atoms with Crippen LogP contribution in [0, 0.1) is 6.92 Å². The molecule has 5 heteroatoms. The molecule has 3 N–H and O–H groups in total. The highest BCUT2D eigenvalue weighted by Gasteiger charge is 2.02. The largest absolute Gasteiger partial charge is 0.399 e. The first-order valence-electron chi connectivity index (χ1n) is 6.62. The Kier molecular flexibility index (Phi) is 3.25. The Morgan fingerprint density at radius 1 is 1.15 bits per heavy atom. The number of aryl methyl sites for hydroxylation is 1. The van der Waals surface area contributed by atoms with Crippen molar-refractivity contribution < 1.29 is 0 Å². The summed E-state index contributed by atoms with van der Waals surface area (Å²) < 4.78 is 1.79. The molecular weight excluding hydrogens is 250 g/mol. The Morgan fingerprint density at radius 3 is 2.75 bits per heavy atom. The van der Waals surface area contributed by atoms with Gasteiger partial charge in [-0.25, -0.2) is 4.52 Å². The van der Waals surface area contributed by atoms with Gasteiger partial charge < -0.3 is 11.1 Å². The molecule has 0 radical (unpaired) electrons. The van der Waals surface area contributed by atoms with Crippen LogP contribution >= 0.6 is 0 Å². The van der Waals surface area contributed by atoms with E-state index in [1.165, 1.54) is 5.56 Å². The van der Waals surface area contributed by atoms with Crippen LogP contribution in [0.4, 0.5) is 11.6 Å². The van der Waals surface area contributed by atoms with Crippen molar-refractivity contribution in [3.05, 3.63) is 53.7 Å². The summed E-state index contributed by atoms with van der Waals surface area (Å²) in [4.78, 5) is 4.42. The van der Waals surface area contributed by atoms with E-state index in [1.54, 1.807) is 4.52 Å². The van der Waals surface area contributed by atoms with Gasteiger partial charge in [-0.3, -0.25) is 0 Å². The van der Waals surface area contributed by atoms with Gasteiger partial charge in [0.2, 0.25) is 5.95 Å². The summed E-state index contributed by atoms with van der Waals surface area (Å²) in [6.07, 6.45) is 2.88. The van der Waals surface area contributed by atoms with Crippen molar-refractivity contribution in [3.63, 3.8) is 0 Å². The van der Waals surface area contributed by atoms with Gasteiger partial charge in [0.15, 0.2) is 5.65 Å². The first-order valence-corrected chi connectivity index (χ1v) is 6.62. The molecule has 2 aromatic heterocycles. The Balaban J connectivity index is 1.63. The maximum atomic E-state index is 5.66. The molecule has 0 saturated heterocycles. The summed E-state index contributed by atoms with van der Waals surface area (Å²) in [6, 6.07) is 11.9. The molecular formula is C15H17N5. The first kappa shape index (κ1) is 12.5. The molecule has 0 aliphatic heterocycles. The van der Waals surface area contributed by atoms with E-state index in [-0.39, 0.29) is 0 Å². The van der Waals surface area contributed by atoms with E-state index in [2.05, 4.69) is 15.4 Å². The van der Waals surface area contributed by atoms with Gasteiger partial charge in [-0.05, 0) is 42.7 Å². The summed E-state index contributed by atoms with van der Waals surface area (Å²) in [5.41, 5.74) is 9.71. The highest BCUT2D eigenvalue weighted by molar-refractivity contribution is 5.44. The van der Waals surface area contributed by atoms with Gasteiger partial charge in [0, 0.05) is 18.4 Å². The quantitative estimate of drug-likeness (QED) is 0.712. The molecule has 0 fully saturated rings. The van der Waals surface area contributed by atoms with Crippen LogP contribution in [0.25, 0.3) is 5.65 Å². The zero-order valence-electron chi connectivity index (χ0n) is 11.4. The second-order valence-electron chi connectivity index (χ2n) is 4.86. The number of hydrogen-bond donors (Lipinski definition) is 2. The number of hydrogen-bond acceptors (Lipinski definition) is 4. The maximum absolute atomic E-state index is 5.66. The minimum absolute atomic E-state index is 0.658. The Morgan fingerprint density at radius 2 is 1.95 bits per heavy atom. The summed E-state index contributed by atoms with van der Waals surface area (Å²) in [5.74, 6) is 0.658. The van der Waals surface area contributed by atoms with E-state index in [9.17, 15) is 0 Å². The van der Waals surface area contributed by atoms with E-state index >= 15 is 0 Å². The topological polar surface area (TPSA) is 68.2 Å². The number of nitrogens with one attached hydrogen (secondary N) is 1. The lowest BCUT2D eigenvalue weighted by molar-refractivity contribution is 0.931. The number of nitrogen functional groups attached to an aromatic ring is 1. The van der Waals surface area contributed by atoms with Gasteiger partial charge >= 0.3 is 0 Å². The molecule has 0 saturated carbocycles. The number of aromatic nitrogens is 3. The van der Waals surface area contributed by atoms with Gasteiger partial charge in [-0.2, -0.15) is 4.98 Å². The summed E-state index contributed by atoms with van der Waals surface area (Å²) in [5, 5.41) is 7.64. The average molecular weight is 267 g/mol. The summed E-state index contributed by atoms with van der Waals surface area (Å²) in [7, 11) is 0. The number of nitrogens with two attached hydrogens (primary N) is 1. The van der Waals surface area contributed by atoms with E-state index in [0.29, 0.717) is 5.95 Å². The van der Waals surface area contributed by atoms with Crippen LogP contribution in [0.5, 0.6) is 0 Å². The van der Waals surface area contributed by atoms with Crippen LogP contribution in [0.2, 0.25) is 0 Å². The van der Waals surface area contributed by atoms with Gasteiger partial charge in [-0.1, -0.05) is 18.2 Å². The lowest BCUT2D eigenvalue weighted by atomic mass is 10.1. The molecule has 0 aliphatic rings. The van der Waals surface area contributed by atoms with E-state index in [1.807, 2.05) is 49.5 Å². The van der Waals surface area contributed by atoms with Crippen LogP contribution in [0.1, 0.15) is 11.1 Å². The first-order chi connectivity index (χ1) is 9.70. The van der Waals surface area contributed by atoms with Crippen LogP contribution in [0.3, 0.4) is 0 Å². The molecule has 0 amide bonds. The predicted molar refractivity (Wildman–Crippen MR) is 80.8 cm³/mol. The molecule has 0 aliphatic carbocycles. The standard InChI is InChI=1S/C15H17N5/c1-11-2-7-14-18-15(19-20(14)10-11)17-9-8-12-3-5-13(16)6-4-12/h2-7,10H,8-9,16H2,1H3,(H,17,19). The van der Waals surface area contributed by atoms with Crippen molar-refractivity contribution >= 4 is 17.3 Å². The SMILES string of the molecule is Cc1ccc2nc(NCCc3ccc(N)cc3)nn2c1. The van der Waals surface area contributed by atoms with Crippen LogP contribution < -0.4 is 11.1 Å². The highest BCUT2D eigenvalue weighted by Crippen LogP contribution is 2.08. The Bertz CT molecular complexity index is 715. The van der Waals surface area contributed by atoms with Gasteiger partial charge in [0.1, 0.15) is 0 Å². The van der Waals surface area contributed by atoms with Crippen molar-refractivity contribution in [2.45, 2.75) is 13.3 Å². The molecule has 2 heterocycles. The van der Waals surface area contributed by atoms with Crippen molar-refractivity contribution in [1.82, 2.24) is 14.6 Å². The number of anilines is 2. The molecule has 0 unspecified atom stereocenters. The number of nitrogens with zero attached hydrogens (tertiary/aromatic N) is 3. The Hall–Kier alpha value is -2.56. The smallest absolute Gasteiger partial charge is 0.243 e. The van der Waals surface area contributed by atoms with Gasteiger partial charge in [0.05, 0.1) is 0 Å². The summed E-state index contributed by atoms with van der Waals surface area (Å²) in [6.45, 7) is 2.83. The minimum Gasteiger partial charge on any atom is -0.399 e. The fourth-order valence-corrected chi connectivity index (χ4v) is 2.06. The van der Waals surface area contributed by atoms with Crippen molar-refractivity contribution in [2.24, 2.45) is 0 Å². The predicted octanol–water partition coefficient (Wildman–Crippen LogP) is 2.27. The van der Waals surface area contributed by atoms with Crippen molar-refractivity contribution in [1.29, 1.82) is 0 Å². The third-order valence-corrected chi connectivity index (χ3v) is 3.16. The number of rotatable bonds is 4. The third-order valence-electron chi connectivity index (χ3n) is 3.16. The Labute approximate surface area is 117 Å². The molecule has 0 atom stereocenters. The minimum atomic E-state index is 0.658. The number of pyridine rings is 1. The number of fused-ring (bicyclic) bond motifs is 1. The monoisotopic (exact) mass is 267 g/mol. The van der Waals surface area contributed by atoms with E-state index in [0.717, 1.165) is 29.9 Å². The molecule has 5 nitrogen and oxygen atoms in total. The van der Waals surface area contributed by atoms with Crippen molar-refractivity contribution in [2.75, 3.05) is 17.6 Å². The zero-order valence-corrected chi connectivity index (χ0v) is 11.4. The summed E-state index contributed by atoms with van der Waals surface area (Å²) >= 11 is 0. The van der Waals surface area contributed by atoms with E-state index < -0.39 is 0 Å². The molecule has 3 rings (SSSR count). The van der Waals surface area contributed by atoms with Crippen LogP contribution in [-0.4, -0.2) is 21.1 Å². The third kappa shape index (κ3) is 2.71. The van der Waals surface area contributed by atoms with E-state index in [4.69, 9.17) is 5.73 Å². The molecule has 0 bridgehead atoms. The fraction of sp³-hybridized carbons (Fsp3) is 0.200. The normalized spacial score (nSPS) is 10.8. The molecule has 0 spiro atoms. The lowest BCUT2D eigenvalue weighted by Gasteiger charge is -2.02.